The molecule has 3 aromatic rings. The molecule has 3 rings (SSSR count). The Bertz CT molecular complexity index is 728. The largest absolute Gasteiger partial charge is 0.497 e. The molecule has 1 heterocycles. The first-order valence-corrected chi connectivity index (χ1v) is 7.95. The number of hydrogen-bond acceptors (Lipinski definition) is 3. The van der Waals surface area contributed by atoms with Crippen LogP contribution in [0.25, 0.3) is 0 Å². The quantitative estimate of drug-likeness (QED) is 0.769. The van der Waals surface area contributed by atoms with Crippen molar-refractivity contribution >= 4 is 0 Å². The molecule has 0 aliphatic heterocycles. The van der Waals surface area contributed by atoms with E-state index in [4.69, 9.17) is 4.74 Å². The molecule has 0 aliphatic carbocycles. The van der Waals surface area contributed by atoms with Gasteiger partial charge in [-0.05, 0) is 42.3 Å². The van der Waals surface area contributed by atoms with Crippen LogP contribution in [0.4, 0.5) is 0 Å². The first-order chi connectivity index (χ1) is 11.6. The van der Waals surface area contributed by atoms with Crippen LogP contribution >= 0.6 is 0 Å². The predicted molar refractivity (Wildman–Crippen MR) is 95.1 cm³/mol. The third-order valence-corrected chi connectivity index (χ3v) is 4.35. The fourth-order valence-electron chi connectivity index (χ4n) is 3.07. The van der Waals surface area contributed by atoms with Crippen molar-refractivity contribution in [2.45, 2.75) is 18.4 Å². The summed E-state index contributed by atoms with van der Waals surface area (Å²) in [4.78, 5) is 4.50. The topological polar surface area (TPSA) is 42.4 Å². The van der Waals surface area contributed by atoms with Gasteiger partial charge in [-0.1, -0.05) is 48.5 Å². The molecular weight excluding hydrogens is 298 g/mol. The van der Waals surface area contributed by atoms with Crippen molar-refractivity contribution in [3.05, 3.63) is 95.8 Å². The molecule has 0 spiro atoms. The number of benzene rings is 2. The van der Waals surface area contributed by atoms with Crippen molar-refractivity contribution in [3.63, 3.8) is 0 Å². The highest BCUT2D eigenvalue weighted by molar-refractivity contribution is 5.39. The van der Waals surface area contributed by atoms with Crippen molar-refractivity contribution in [1.29, 1.82) is 0 Å². The number of pyridine rings is 1. The van der Waals surface area contributed by atoms with Gasteiger partial charge in [0.15, 0.2) is 0 Å². The van der Waals surface area contributed by atoms with Crippen LogP contribution in [0.2, 0.25) is 0 Å². The van der Waals surface area contributed by atoms with E-state index in [1.807, 2.05) is 79.7 Å². The first kappa shape index (κ1) is 16.2. The highest BCUT2D eigenvalue weighted by Gasteiger charge is 2.37. The van der Waals surface area contributed by atoms with Crippen molar-refractivity contribution in [2.75, 3.05) is 7.11 Å². The van der Waals surface area contributed by atoms with Gasteiger partial charge in [-0.2, -0.15) is 0 Å². The minimum atomic E-state index is -1.11. The molecular formula is C21H21NO2. The molecule has 0 bridgehead atoms. The van der Waals surface area contributed by atoms with Crippen LogP contribution in [0.3, 0.4) is 0 Å². The maximum absolute atomic E-state index is 11.4. The second-order valence-corrected chi connectivity index (χ2v) is 5.97. The number of aliphatic hydroxyl groups is 1. The van der Waals surface area contributed by atoms with Crippen LogP contribution < -0.4 is 4.74 Å². The summed E-state index contributed by atoms with van der Waals surface area (Å²) in [7, 11) is 1.63. The lowest BCUT2D eigenvalue weighted by Crippen LogP contribution is -2.31. The Hall–Kier alpha value is -2.65. The maximum Gasteiger partial charge on any atom is 0.118 e. The smallest absolute Gasteiger partial charge is 0.118 e. The average Bonchev–Trinajstić information content (AvgIpc) is 2.63. The third kappa shape index (κ3) is 3.17. The average molecular weight is 319 g/mol. The van der Waals surface area contributed by atoms with Gasteiger partial charge >= 0.3 is 0 Å². The van der Waals surface area contributed by atoms with Crippen molar-refractivity contribution in [2.24, 2.45) is 0 Å². The molecule has 0 saturated heterocycles. The molecule has 0 fully saturated rings. The van der Waals surface area contributed by atoms with Crippen LogP contribution in [-0.4, -0.2) is 17.2 Å². The second kappa shape index (κ2) is 6.85. The molecule has 24 heavy (non-hydrogen) atoms. The van der Waals surface area contributed by atoms with Gasteiger partial charge in [-0.25, -0.2) is 0 Å². The lowest BCUT2D eigenvalue weighted by Gasteiger charge is -2.33. The molecule has 1 aromatic heterocycles. The Morgan fingerprint density at radius 2 is 1.58 bits per heavy atom. The standard InChI is InChI=1S/C21H21NO2/c1-21(23,17-11-13-18(24-2)14-12-17)20(16-8-4-3-5-9-16)19-10-6-7-15-22-19/h3-15,20,23H,1-2H3/t20-,21-/m0/s1. The zero-order valence-corrected chi connectivity index (χ0v) is 13.9. The van der Waals surface area contributed by atoms with Gasteiger partial charge in [0.25, 0.3) is 0 Å². The number of nitrogens with zero attached hydrogens (tertiary/aromatic N) is 1. The van der Waals surface area contributed by atoms with Crippen LogP contribution in [0.1, 0.15) is 29.7 Å². The van der Waals surface area contributed by atoms with Crippen molar-refractivity contribution in [3.8, 4) is 5.75 Å². The zero-order chi connectivity index (χ0) is 17.0. The number of aromatic nitrogens is 1. The molecule has 2 aromatic carbocycles. The van der Waals surface area contributed by atoms with E-state index in [9.17, 15) is 5.11 Å². The highest BCUT2D eigenvalue weighted by Crippen LogP contribution is 2.41. The SMILES string of the molecule is COc1ccc([C@](C)(O)[C@@H](c2ccccc2)c2ccccn2)cc1. The fraction of sp³-hybridized carbons (Fsp3) is 0.190. The summed E-state index contributed by atoms with van der Waals surface area (Å²) in [5, 5.41) is 11.4. The van der Waals surface area contributed by atoms with Gasteiger partial charge in [-0.3, -0.25) is 4.98 Å². The summed E-state index contributed by atoms with van der Waals surface area (Å²) in [6, 6.07) is 23.3. The monoisotopic (exact) mass is 319 g/mol. The Balaban J connectivity index is 2.09. The maximum atomic E-state index is 11.4. The summed E-state index contributed by atoms with van der Waals surface area (Å²) >= 11 is 0. The Kier molecular flexibility index (Phi) is 4.63. The minimum Gasteiger partial charge on any atom is -0.497 e. The molecule has 122 valence electrons. The van der Waals surface area contributed by atoms with E-state index in [1.165, 1.54) is 0 Å². The van der Waals surface area contributed by atoms with E-state index in [0.29, 0.717) is 0 Å². The zero-order valence-electron chi connectivity index (χ0n) is 13.9. The number of methoxy groups -OCH3 is 1. The molecule has 1 N–H and O–H groups in total. The van der Waals surface area contributed by atoms with Crippen LogP contribution in [0.15, 0.2) is 79.0 Å². The Morgan fingerprint density at radius 1 is 0.917 bits per heavy atom. The number of ether oxygens (including phenoxy) is 1. The van der Waals surface area contributed by atoms with Gasteiger partial charge in [-0.15, -0.1) is 0 Å². The van der Waals surface area contributed by atoms with Gasteiger partial charge in [0, 0.05) is 6.20 Å². The van der Waals surface area contributed by atoms with E-state index >= 15 is 0 Å². The van der Waals surface area contributed by atoms with Crippen LogP contribution in [-0.2, 0) is 5.60 Å². The third-order valence-electron chi connectivity index (χ3n) is 4.35. The highest BCUT2D eigenvalue weighted by atomic mass is 16.5. The first-order valence-electron chi connectivity index (χ1n) is 7.95. The summed E-state index contributed by atoms with van der Waals surface area (Å²) < 4.78 is 5.22. The summed E-state index contributed by atoms with van der Waals surface area (Å²) in [5.41, 5.74) is 1.58. The van der Waals surface area contributed by atoms with Crippen LogP contribution in [0, 0.1) is 0 Å². The molecule has 2 atom stereocenters. The molecule has 3 nitrogen and oxygen atoms in total. The lowest BCUT2D eigenvalue weighted by atomic mass is 9.76. The van der Waals surface area contributed by atoms with Gasteiger partial charge < -0.3 is 9.84 Å². The summed E-state index contributed by atoms with van der Waals surface area (Å²) in [5.74, 6) is 0.497. The predicted octanol–water partition coefficient (Wildman–Crippen LogP) is 4.13. The summed E-state index contributed by atoms with van der Waals surface area (Å²) in [6.07, 6.45) is 1.76. The van der Waals surface area contributed by atoms with Gasteiger partial charge in [0.05, 0.1) is 24.3 Å². The van der Waals surface area contributed by atoms with Gasteiger partial charge in [0.1, 0.15) is 5.75 Å². The van der Waals surface area contributed by atoms with E-state index in [2.05, 4.69) is 4.98 Å². The van der Waals surface area contributed by atoms with Crippen LogP contribution in [0.5, 0.6) is 5.75 Å². The lowest BCUT2D eigenvalue weighted by molar-refractivity contribution is 0.0380. The Labute approximate surface area is 142 Å². The molecule has 0 radical (unpaired) electrons. The van der Waals surface area contributed by atoms with E-state index in [1.54, 1.807) is 13.3 Å². The number of hydrogen-bond donors (Lipinski definition) is 1. The second-order valence-electron chi connectivity index (χ2n) is 5.97. The van der Waals surface area contributed by atoms with Crippen molar-refractivity contribution < 1.29 is 9.84 Å². The number of rotatable bonds is 5. The molecule has 0 aliphatic rings. The fourth-order valence-corrected chi connectivity index (χ4v) is 3.07. The minimum absolute atomic E-state index is 0.270. The van der Waals surface area contributed by atoms with Crippen molar-refractivity contribution in [1.82, 2.24) is 4.98 Å². The van der Waals surface area contributed by atoms with E-state index in [0.717, 1.165) is 22.6 Å². The summed E-state index contributed by atoms with van der Waals surface area (Å²) in [6.45, 7) is 1.83. The Morgan fingerprint density at radius 3 is 2.17 bits per heavy atom. The molecule has 0 saturated carbocycles. The molecule has 0 unspecified atom stereocenters. The normalized spacial score (nSPS) is 14.6. The van der Waals surface area contributed by atoms with E-state index in [-0.39, 0.29) is 5.92 Å². The molecule has 0 amide bonds. The van der Waals surface area contributed by atoms with Gasteiger partial charge in [0.2, 0.25) is 0 Å². The molecule has 3 heteroatoms. The van der Waals surface area contributed by atoms with E-state index < -0.39 is 5.60 Å².